The molecule has 1 aromatic heterocycles. The summed E-state index contributed by atoms with van der Waals surface area (Å²) in [6.45, 7) is 4.87. The summed E-state index contributed by atoms with van der Waals surface area (Å²) >= 11 is 0. The van der Waals surface area contributed by atoms with E-state index in [4.69, 9.17) is 4.42 Å². The van der Waals surface area contributed by atoms with Crippen molar-refractivity contribution in [3.8, 4) is 0 Å². The van der Waals surface area contributed by atoms with Gasteiger partial charge in [-0.3, -0.25) is 0 Å². The lowest BCUT2D eigenvalue weighted by Gasteiger charge is -2.39. The van der Waals surface area contributed by atoms with Gasteiger partial charge in [0.25, 0.3) is 0 Å². The molecule has 0 bridgehead atoms. The predicted octanol–water partition coefficient (Wildman–Crippen LogP) is 1.36. The first kappa shape index (κ1) is 14.9. The first-order valence-corrected chi connectivity index (χ1v) is 8.66. The van der Waals surface area contributed by atoms with Crippen molar-refractivity contribution < 1.29 is 9.21 Å². The van der Waals surface area contributed by atoms with Crippen molar-refractivity contribution in [3.05, 3.63) is 11.8 Å². The van der Waals surface area contributed by atoms with Crippen molar-refractivity contribution in [1.29, 1.82) is 0 Å². The lowest BCUT2D eigenvalue weighted by molar-refractivity contribution is 0.125. The maximum absolute atomic E-state index is 12.6. The molecule has 2 aliphatic heterocycles. The van der Waals surface area contributed by atoms with E-state index in [0.29, 0.717) is 29.7 Å². The van der Waals surface area contributed by atoms with E-state index in [9.17, 15) is 4.79 Å². The molecule has 1 aliphatic carbocycles. The fraction of sp³-hybridized carbons (Fsp3) is 0.812. The summed E-state index contributed by atoms with van der Waals surface area (Å²) in [5, 5.41) is 11.1. The van der Waals surface area contributed by atoms with E-state index < -0.39 is 0 Å². The summed E-state index contributed by atoms with van der Waals surface area (Å²) in [7, 11) is 2.15. The molecule has 126 valence electrons. The number of urea groups is 1. The Bertz CT molecular complexity index is 583. The number of aromatic nitrogens is 2. The Hall–Kier alpha value is -1.63. The molecule has 23 heavy (non-hydrogen) atoms. The van der Waals surface area contributed by atoms with Gasteiger partial charge in [-0.25, -0.2) is 4.79 Å². The molecule has 4 rings (SSSR count). The number of amides is 2. The Morgan fingerprint density at radius 3 is 2.78 bits per heavy atom. The number of likely N-dealkylation sites (tertiary alicyclic amines) is 2. The Morgan fingerprint density at radius 2 is 2.04 bits per heavy atom. The van der Waals surface area contributed by atoms with Crippen molar-refractivity contribution in [3.63, 3.8) is 0 Å². The van der Waals surface area contributed by atoms with Crippen LogP contribution in [0.3, 0.4) is 0 Å². The van der Waals surface area contributed by atoms with Crippen molar-refractivity contribution in [2.24, 2.45) is 5.92 Å². The van der Waals surface area contributed by atoms with Crippen LogP contribution in [-0.2, 0) is 0 Å². The number of likely N-dealkylation sites (N-methyl/N-ethyl adjacent to an activating group) is 1. The van der Waals surface area contributed by atoms with E-state index in [0.717, 1.165) is 38.9 Å². The zero-order chi connectivity index (χ0) is 16.0. The molecule has 7 nitrogen and oxygen atoms in total. The van der Waals surface area contributed by atoms with Crippen LogP contribution in [0.4, 0.5) is 4.79 Å². The van der Waals surface area contributed by atoms with Crippen LogP contribution in [0.1, 0.15) is 43.4 Å². The molecule has 3 fully saturated rings. The number of piperidine rings is 1. The summed E-state index contributed by atoms with van der Waals surface area (Å²) in [5.74, 6) is 2.31. The standard InChI is InChI=1S/C16H25N5O2/c1-10-18-19-15(23-10)12-7-13(8-12)17-16(22)21-6-4-11-3-5-20(2)9-14(11)21/h11-14H,3-9H2,1-2H3,(H,17,22)/t11-,12?,13?,14-/m1/s1. The Morgan fingerprint density at radius 1 is 1.26 bits per heavy atom. The third-order valence-electron chi connectivity index (χ3n) is 5.68. The largest absolute Gasteiger partial charge is 0.425 e. The zero-order valence-corrected chi connectivity index (χ0v) is 13.9. The van der Waals surface area contributed by atoms with Gasteiger partial charge in [0.15, 0.2) is 0 Å². The van der Waals surface area contributed by atoms with Gasteiger partial charge in [-0.2, -0.15) is 0 Å². The van der Waals surface area contributed by atoms with Crippen molar-refractivity contribution in [2.45, 2.75) is 50.6 Å². The molecule has 1 saturated carbocycles. The Kier molecular flexibility index (Phi) is 3.75. The molecule has 0 radical (unpaired) electrons. The first-order chi connectivity index (χ1) is 11.1. The SMILES string of the molecule is Cc1nnc(C2CC(NC(=O)N3CC[C@H]4CCN(C)C[C@H]43)C2)o1. The molecular weight excluding hydrogens is 294 g/mol. The topological polar surface area (TPSA) is 74.5 Å². The molecule has 0 aromatic carbocycles. The summed E-state index contributed by atoms with van der Waals surface area (Å²) < 4.78 is 5.47. The molecule has 2 amide bonds. The molecule has 3 heterocycles. The number of carbonyl (C=O) groups is 1. The van der Waals surface area contributed by atoms with Crippen LogP contribution in [0.15, 0.2) is 4.42 Å². The minimum atomic E-state index is 0.109. The molecule has 0 unspecified atom stereocenters. The van der Waals surface area contributed by atoms with Gasteiger partial charge in [-0.15, -0.1) is 10.2 Å². The number of rotatable bonds is 2. The van der Waals surface area contributed by atoms with Gasteiger partial charge in [0.05, 0.1) is 0 Å². The molecule has 1 N–H and O–H groups in total. The number of nitrogens with zero attached hydrogens (tertiary/aromatic N) is 4. The number of hydrogen-bond acceptors (Lipinski definition) is 5. The number of nitrogens with one attached hydrogen (secondary N) is 1. The van der Waals surface area contributed by atoms with E-state index in [-0.39, 0.29) is 12.1 Å². The van der Waals surface area contributed by atoms with Crippen molar-refractivity contribution in [2.75, 3.05) is 26.7 Å². The fourth-order valence-electron chi connectivity index (χ4n) is 4.22. The average Bonchev–Trinajstić information content (AvgIpc) is 3.08. The van der Waals surface area contributed by atoms with Gasteiger partial charge >= 0.3 is 6.03 Å². The minimum Gasteiger partial charge on any atom is -0.425 e. The monoisotopic (exact) mass is 319 g/mol. The lowest BCUT2D eigenvalue weighted by atomic mass is 9.80. The summed E-state index contributed by atoms with van der Waals surface area (Å²) in [6, 6.07) is 0.737. The Balaban J connectivity index is 1.29. The Labute approximate surface area is 136 Å². The summed E-state index contributed by atoms with van der Waals surface area (Å²) in [5.41, 5.74) is 0. The molecular formula is C16H25N5O2. The average molecular weight is 319 g/mol. The van der Waals surface area contributed by atoms with Gasteiger partial charge in [0, 0.05) is 38.0 Å². The highest BCUT2D eigenvalue weighted by atomic mass is 16.4. The summed E-state index contributed by atoms with van der Waals surface area (Å²) in [6.07, 6.45) is 4.16. The van der Waals surface area contributed by atoms with Gasteiger partial charge in [0.2, 0.25) is 11.8 Å². The number of fused-ring (bicyclic) bond motifs is 1. The van der Waals surface area contributed by atoms with E-state index in [2.05, 4.69) is 32.4 Å². The third-order valence-corrected chi connectivity index (χ3v) is 5.68. The number of carbonyl (C=O) groups excluding carboxylic acids is 1. The van der Waals surface area contributed by atoms with E-state index in [1.807, 2.05) is 0 Å². The normalized spacial score (nSPS) is 34.1. The minimum absolute atomic E-state index is 0.109. The van der Waals surface area contributed by atoms with E-state index in [1.165, 1.54) is 6.42 Å². The van der Waals surface area contributed by atoms with Crippen LogP contribution in [0.5, 0.6) is 0 Å². The fourth-order valence-corrected chi connectivity index (χ4v) is 4.22. The van der Waals surface area contributed by atoms with Gasteiger partial charge in [-0.1, -0.05) is 0 Å². The second kappa shape index (κ2) is 5.78. The third kappa shape index (κ3) is 2.82. The second-order valence-corrected chi connectivity index (χ2v) is 7.33. The molecule has 0 spiro atoms. The molecule has 3 aliphatic rings. The van der Waals surface area contributed by atoms with Crippen LogP contribution in [0.2, 0.25) is 0 Å². The van der Waals surface area contributed by atoms with Crippen LogP contribution < -0.4 is 5.32 Å². The highest BCUT2D eigenvalue weighted by molar-refractivity contribution is 5.75. The molecule has 2 atom stereocenters. The quantitative estimate of drug-likeness (QED) is 0.891. The maximum atomic E-state index is 12.6. The highest BCUT2D eigenvalue weighted by Crippen LogP contribution is 2.37. The smallest absolute Gasteiger partial charge is 0.317 e. The van der Waals surface area contributed by atoms with Gasteiger partial charge in [0.1, 0.15) is 0 Å². The van der Waals surface area contributed by atoms with Crippen molar-refractivity contribution >= 4 is 6.03 Å². The lowest BCUT2D eigenvalue weighted by Crippen LogP contribution is -2.54. The summed E-state index contributed by atoms with van der Waals surface area (Å²) in [4.78, 5) is 17.0. The molecule has 7 heteroatoms. The predicted molar refractivity (Wildman–Crippen MR) is 84.0 cm³/mol. The van der Waals surface area contributed by atoms with Crippen LogP contribution in [0, 0.1) is 12.8 Å². The maximum Gasteiger partial charge on any atom is 0.317 e. The zero-order valence-electron chi connectivity index (χ0n) is 13.9. The van der Waals surface area contributed by atoms with E-state index >= 15 is 0 Å². The highest BCUT2D eigenvalue weighted by Gasteiger charge is 2.42. The van der Waals surface area contributed by atoms with Crippen LogP contribution in [-0.4, -0.2) is 64.8 Å². The first-order valence-electron chi connectivity index (χ1n) is 8.66. The van der Waals surface area contributed by atoms with Gasteiger partial charge in [-0.05, 0) is 45.2 Å². The van der Waals surface area contributed by atoms with Crippen molar-refractivity contribution in [1.82, 2.24) is 25.3 Å². The second-order valence-electron chi connectivity index (χ2n) is 7.33. The number of aryl methyl sites for hydroxylation is 1. The van der Waals surface area contributed by atoms with Crippen LogP contribution >= 0.6 is 0 Å². The number of hydrogen-bond donors (Lipinski definition) is 1. The van der Waals surface area contributed by atoms with E-state index in [1.54, 1.807) is 6.92 Å². The van der Waals surface area contributed by atoms with Crippen LogP contribution in [0.25, 0.3) is 0 Å². The molecule has 1 aromatic rings. The van der Waals surface area contributed by atoms with Gasteiger partial charge < -0.3 is 19.5 Å². The molecule has 2 saturated heterocycles.